The number of benzene rings is 1. The lowest BCUT2D eigenvalue weighted by Crippen LogP contribution is -2.38. The Morgan fingerprint density at radius 1 is 1.38 bits per heavy atom. The average Bonchev–Trinajstić information content (AvgIpc) is 2.16. The SMILES string of the molecule is CCCC(C)(C)NCc1ccc(F)cc1Cl. The zero-order chi connectivity index (χ0) is 12.2. The molecule has 1 rings (SSSR count). The molecule has 0 amide bonds. The van der Waals surface area contributed by atoms with Crippen LogP contribution in [0, 0.1) is 5.82 Å². The van der Waals surface area contributed by atoms with Gasteiger partial charge in [0.25, 0.3) is 0 Å². The van der Waals surface area contributed by atoms with Crippen molar-refractivity contribution in [1.82, 2.24) is 5.32 Å². The molecule has 16 heavy (non-hydrogen) atoms. The van der Waals surface area contributed by atoms with Crippen LogP contribution in [-0.2, 0) is 6.54 Å². The molecule has 0 aliphatic carbocycles. The first-order valence-corrected chi connectivity index (χ1v) is 6.01. The number of nitrogens with one attached hydrogen (secondary N) is 1. The number of hydrogen-bond acceptors (Lipinski definition) is 1. The molecule has 0 radical (unpaired) electrons. The van der Waals surface area contributed by atoms with E-state index in [2.05, 4.69) is 26.1 Å². The van der Waals surface area contributed by atoms with Crippen LogP contribution >= 0.6 is 11.6 Å². The summed E-state index contributed by atoms with van der Waals surface area (Å²) in [6.07, 6.45) is 2.24. The molecule has 1 aromatic carbocycles. The molecule has 0 atom stereocenters. The molecule has 0 spiro atoms. The van der Waals surface area contributed by atoms with Crippen LogP contribution < -0.4 is 5.32 Å². The second-order valence-corrected chi connectivity index (χ2v) is 5.13. The van der Waals surface area contributed by atoms with Gasteiger partial charge in [-0.3, -0.25) is 0 Å². The summed E-state index contributed by atoms with van der Waals surface area (Å²) in [4.78, 5) is 0. The molecular formula is C13H19ClFN. The van der Waals surface area contributed by atoms with E-state index in [-0.39, 0.29) is 11.4 Å². The lowest BCUT2D eigenvalue weighted by Gasteiger charge is -2.26. The summed E-state index contributed by atoms with van der Waals surface area (Å²) < 4.78 is 12.8. The minimum absolute atomic E-state index is 0.0897. The Balaban J connectivity index is 2.61. The molecule has 0 aliphatic rings. The Morgan fingerprint density at radius 2 is 2.06 bits per heavy atom. The highest BCUT2D eigenvalue weighted by Gasteiger charge is 2.15. The summed E-state index contributed by atoms with van der Waals surface area (Å²) in [7, 11) is 0. The molecule has 0 heterocycles. The fraction of sp³-hybridized carbons (Fsp3) is 0.538. The zero-order valence-corrected chi connectivity index (χ0v) is 10.9. The van der Waals surface area contributed by atoms with Gasteiger partial charge in [0.2, 0.25) is 0 Å². The van der Waals surface area contributed by atoms with Gasteiger partial charge in [-0.25, -0.2) is 4.39 Å². The Morgan fingerprint density at radius 3 is 2.62 bits per heavy atom. The summed E-state index contributed by atoms with van der Waals surface area (Å²) in [5.41, 5.74) is 1.03. The van der Waals surface area contributed by atoms with Crippen LogP contribution in [0.1, 0.15) is 39.2 Å². The fourth-order valence-electron chi connectivity index (χ4n) is 1.71. The van der Waals surface area contributed by atoms with Crippen LogP contribution in [0.25, 0.3) is 0 Å². The van der Waals surface area contributed by atoms with Crippen LogP contribution in [0.5, 0.6) is 0 Å². The highest BCUT2D eigenvalue weighted by Crippen LogP contribution is 2.19. The van der Waals surface area contributed by atoms with Gasteiger partial charge >= 0.3 is 0 Å². The molecule has 0 aliphatic heterocycles. The lowest BCUT2D eigenvalue weighted by atomic mass is 9.98. The van der Waals surface area contributed by atoms with E-state index < -0.39 is 0 Å². The van der Waals surface area contributed by atoms with Crippen LogP contribution in [0.3, 0.4) is 0 Å². The maximum absolute atomic E-state index is 12.8. The van der Waals surface area contributed by atoms with Gasteiger partial charge in [0.05, 0.1) is 0 Å². The van der Waals surface area contributed by atoms with Crippen LogP contribution in [0.15, 0.2) is 18.2 Å². The van der Waals surface area contributed by atoms with E-state index in [1.807, 2.05) is 0 Å². The van der Waals surface area contributed by atoms with Crippen LogP contribution in [0.4, 0.5) is 4.39 Å². The fourth-order valence-corrected chi connectivity index (χ4v) is 1.95. The van der Waals surface area contributed by atoms with E-state index >= 15 is 0 Å². The summed E-state index contributed by atoms with van der Waals surface area (Å²) >= 11 is 5.96. The van der Waals surface area contributed by atoms with Crippen molar-refractivity contribution in [2.45, 2.75) is 45.7 Å². The maximum atomic E-state index is 12.8. The normalized spacial score (nSPS) is 11.8. The summed E-state index contributed by atoms with van der Waals surface area (Å²) in [6, 6.07) is 4.52. The third kappa shape index (κ3) is 4.11. The second-order valence-electron chi connectivity index (χ2n) is 4.72. The number of rotatable bonds is 5. The largest absolute Gasteiger partial charge is 0.308 e. The third-order valence-electron chi connectivity index (χ3n) is 2.65. The van der Waals surface area contributed by atoms with Gasteiger partial charge in [-0.2, -0.15) is 0 Å². The molecule has 0 bridgehead atoms. The monoisotopic (exact) mass is 243 g/mol. The smallest absolute Gasteiger partial charge is 0.124 e. The van der Waals surface area contributed by atoms with E-state index in [1.54, 1.807) is 6.07 Å². The second kappa shape index (κ2) is 5.65. The predicted molar refractivity (Wildman–Crippen MR) is 67.2 cm³/mol. The first kappa shape index (κ1) is 13.5. The molecule has 1 N–H and O–H groups in total. The van der Waals surface area contributed by atoms with Crippen molar-refractivity contribution >= 4 is 11.6 Å². The van der Waals surface area contributed by atoms with E-state index in [0.29, 0.717) is 11.6 Å². The van der Waals surface area contributed by atoms with Gasteiger partial charge in [-0.05, 0) is 38.0 Å². The van der Waals surface area contributed by atoms with Gasteiger partial charge in [0.15, 0.2) is 0 Å². The van der Waals surface area contributed by atoms with E-state index in [4.69, 9.17) is 11.6 Å². The van der Waals surface area contributed by atoms with E-state index in [0.717, 1.165) is 18.4 Å². The maximum Gasteiger partial charge on any atom is 0.124 e. The van der Waals surface area contributed by atoms with Crippen molar-refractivity contribution in [3.63, 3.8) is 0 Å². The van der Waals surface area contributed by atoms with Crippen molar-refractivity contribution in [3.05, 3.63) is 34.6 Å². The molecule has 0 unspecified atom stereocenters. The van der Waals surface area contributed by atoms with Gasteiger partial charge in [0, 0.05) is 17.1 Å². The summed E-state index contributed by atoms with van der Waals surface area (Å²) in [6.45, 7) is 7.16. The van der Waals surface area contributed by atoms with Gasteiger partial charge in [-0.1, -0.05) is 31.0 Å². The summed E-state index contributed by atoms with van der Waals surface area (Å²) in [5, 5.41) is 3.92. The van der Waals surface area contributed by atoms with Crippen LogP contribution in [-0.4, -0.2) is 5.54 Å². The third-order valence-corrected chi connectivity index (χ3v) is 3.00. The minimum Gasteiger partial charge on any atom is -0.308 e. The van der Waals surface area contributed by atoms with Gasteiger partial charge < -0.3 is 5.32 Å². The van der Waals surface area contributed by atoms with Crippen molar-refractivity contribution in [2.24, 2.45) is 0 Å². The van der Waals surface area contributed by atoms with Crippen molar-refractivity contribution < 1.29 is 4.39 Å². The molecule has 90 valence electrons. The zero-order valence-electron chi connectivity index (χ0n) is 10.1. The predicted octanol–water partition coefficient (Wildman–Crippen LogP) is 4.15. The molecular weight excluding hydrogens is 225 g/mol. The number of hydrogen-bond donors (Lipinski definition) is 1. The Bertz CT molecular complexity index is 350. The standard InChI is InChI=1S/C13H19ClFN/c1-4-7-13(2,3)16-9-10-5-6-11(15)8-12(10)14/h5-6,8,16H,4,7,9H2,1-3H3. The molecule has 3 heteroatoms. The molecule has 1 nitrogen and oxygen atoms in total. The molecule has 0 aromatic heterocycles. The Hall–Kier alpha value is -0.600. The van der Waals surface area contributed by atoms with Crippen molar-refractivity contribution in [3.8, 4) is 0 Å². The highest BCUT2D eigenvalue weighted by atomic mass is 35.5. The first-order valence-electron chi connectivity index (χ1n) is 5.63. The van der Waals surface area contributed by atoms with Gasteiger partial charge in [0.1, 0.15) is 5.82 Å². The molecule has 0 fully saturated rings. The quantitative estimate of drug-likeness (QED) is 0.819. The van der Waals surface area contributed by atoms with E-state index in [1.165, 1.54) is 12.1 Å². The van der Waals surface area contributed by atoms with Crippen molar-refractivity contribution in [1.29, 1.82) is 0 Å². The first-order chi connectivity index (χ1) is 7.44. The minimum atomic E-state index is -0.290. The van der Waals surface area contributed by atoms with E-state index in [9.17, 15) is 4.39 Å². The molecule has 0 saturated heterocycles. The average molecular weight is 244 g/mol. The van der Waals surface area contributed by atoms with Crippen molar-refractivity contribution in [2.75, 3.05) is 0 Å². The highest BCUT2D eigenvalue weighted by molar-refractivity contribution is 6.31. The Labute approximate surface area is 102 Å². The summed E-state index contributed by atoms with van der Waals surface area (Å²) in [5.74, 6) is -0.290. The Kier molecular flexibility index (Phi) is 4.75. The van der Waals surface area contributed by atoms with Gasteiger partial charge in [-0.15, -0.1) is 0 Å². The molecule has 0 saturated carbocycles. The number of halogens is 2. The topological polar surface area (TPSA) is 12.0 Å². The molecule has 1 aromatic rings. The lowest BCUT2D eigenvalue weighted by molar-refractivity contribution is 0.357. The van der Waals surface area contributed by atoms with Crippen LogP contribution in [0.2, 0.25) is 5.02 Å².